The molecule has 0 unspecified atom stereocenters. The van der Waals surface area contributed by atoms with Crippen molar-refractivity contribution in [3.05, 3.63) is 29.3 Å². The van der Waals surface area contributed by atoms with Crippen molar-refractivity contribution in [3.8, 4) is 0 Å². The molecule has 1 N–H and O–H groups in total. The number of amides is 1. The smallest absolute Gasteiger partial charge is 0.242 e. The van der Waals surface area contributed by atoms with Gasteiger partial charge >= 0.3 is 0 Å². The van der Waals surface area contributed by atoms with Gasteiger partial charge in [-0.05, 0) is 38.0 Å². The monoisotopic (exact) mass is 211 g/mol. The summed E-state index contributed by atoms with van der Waals surface area (Å²) in [7, 11) is 0. The fourth-order valence-electron chi connectivity index (χ4n) is 1.12. The molecular formula is C11H14ClNO. The van der Waals surface area contributed by atoms with E-state index in [0.29, 0.717) is 0 Å². The molecule has 3 heteroatoms. The lowest BCUT2D eigenvalue weighted by atomic mass is 10.1. The minimum Gasteiger partial charge on any atom is -0.325 e. The number of nitrogens with one attached hydrogen (secondary N) is 1. The summed E-state index contributed by atoms with van der Waals surface area (Å²) < 4.78 is 0. The summed E-state index contributed by atoms with van der Waals surface area (Å²) in [5, 5.41) is 2.27. The van der Waals surface area contributed by atoms with Crippen LogP contribution < -0.4 is 5.32 Å². The molecule has 0 saturated carbocycles. The van der Waals surface area contributed by atoms with Crippen LogP contribution in [0.25, 0.3) is 0 Å². The van der Waals surface area contributed by atoms with Crippen molar-refractivity contribution >= 4 is 23.2 Å². The van der Waals surface area contributed by atoms with Crippen LogP contribution in [0.4, 0.5) is 5.69 Å². The maximum absolute atomic E-state index is 11.3. The van der Waals surface area contributed by atoms with Gasteiger partial charge in [-0.3, -0.25) is 4.79 Å². The molecule has 1 amide bonds. The lowest BCUT2D eigenvalue weighted by molar-refractivity contribution is -0.115. The average Bonchev–Trinajstić information content (AvgIpc) is 2.12. The van der Waals surface area contributed by atoms with E-state index in [2.05, 4.69) is 5.32 Å². The zero-order valence-electron chi connectivity index (χ0n) is 8.60. The van der Waals surface area contributed by atoms with Gasteiger partial charge in [0.1, 0.15) is 5.38 Å². The van der Waals surface area contributed by atoms with Crippen molar-refractivity contribution in [1.29, 1.82) is 0 Å². The normalized spacial score (nSPS) is 12.3. The van der Waals surface area contributed by atoms with Crippen LogP contribution in [0, 0.1) is 13.8 Å². The summed E-state index contributed by atoms with van der Waals surface area (Å²) in [5.41, 5.74) is 3.07. The van der Waals surface area contributed by atoms with Crippen molar-refractivity contribution in [1.82, 2.24) is 0 Å². The number of aryl methyl sites for hydroxylation is 1. The maximum atomic E-state index is 11.3. The Hall–Kier alpha value is -1.02. The second-order valence-electron chi connectivity index (χ2n) is 3.35. The number of hydrogen-bond donors (Lipinski definition) is 1. The van der Waals surface area contributed by atoms with Crippen LogP contribution in [-0.2, 0) is 4.79 Å². The molecule has 0 fully saturated rings. The molecule has 0 aliphatic heterocycles. The van der Waals surface area contributed by atoms with Gasteiger partial charge in [0, 0.05) is 5.69 Å². The number of hydrogen-bond acceptors (Lipinski definition) is 1. The lowest BCUT2D eigenvalue weighted by Gasteiger charge is -2.10. The molecule has 0 aliphatic rings. The zero-order valence-corrected chi connectivity index (χ0v) is 9.35. The van der Waals surface area contributed by atoms with E-state index in [9.17, 15) is 4.79 Å². The van der Waals surface area contributed by atoms with Crippen LogP contribution in [0.3, 0.4) is 0 Å². The number of carbonyl (C=O) groups is 1. The first-order valence-corrected chi connectivity index (χ1v) is 4.97. The Morgan fingerprint density at radius 2 is 2.07 bits per heavy atom. The van der Waals surface area contributed by atoms with E-state index in [0.717, 1.165) is 16.8 Å². The quantitative estimate of drug-likeness (QED) is 0.749. The first-order valence-electron chi connectivity index (χ1n) is 4.53. The van der Waals surface area contributed by atoms with E-state index >= 15 is 0 Å². The third kappa shape index (κ3) is 2.48. The largest absolute Gasteiger partial charge is 0.325 e. The van der Waals surface area contributed by atoms with E-state index in [-0.39, 0.29) is 5.91 Å². The van der Waals surface area contributed by atoms with E-state index < -0.39 is 5.38 Å². The van der Waals surface area contributed by atoms with Gasteiger partial charge in [-0.1, -0.05) is 12.1 Å². The Balaban J connectivity index is 2.87. The van der Waals surface area contributed by atoms with E-state index in [1.54, 1.807) is 6.92 Å². The van der Waals surface area contributed by atoms with Crippen LogP contribution in [0.5, 0.6) is 0 Å². The van der Waals surface area contributed by atoms with E-state index in [1.807, 2.05) is 32.0 Å². The maximum Gasteiger partial charge on any atom is 0.242 e. The Morgan fingerprint density at radius 3 is 2.64 bits per heavy atom. The summed E-state index contributed by atoms with van der Waals surface area (Å²) in [6, 6.07) is 5.80. The van der Waals surface area contributed by atoms with E-state index in [4.69, 9.17) is 11.6 Å². The minimum atomic E-state index is -0.505. The summed E-state index contributed by atoms with van der Waals surface area (Å²) in [4.78, 5) is 11.3. The number of anilines is 1. The SMILES string of the molecule is Cc1cccc(NC(=O)[C@H](C)Cl)c1C. The highest BCUT2D eigenvalue weighted by molar-refractivity contribution is 6.32. The second-order valence-corrected chi connectivity index (χ2v) is 4.01. The molecule has 0 aliphatic carbocycles. The third-order valence-electron chi connectivity index (χ3n) is 2.22. The summed E-state index contributed by atoms with van der Waals surface area (Å²) in [6.07, 6.45) is 0. The number of benzene rings is 1. The van der Waals surface area contributed by atoms with Gasteiger partial charge in [0.2, 0.25) is 5.91 Å². The highest BCUT2D eigenvalue weighted by Crippen LogP contribution is 2.18. The highest BCUT2D eigenvalue weighted by Gasteiger charge is 2.10. The average molecular weight is 212 g/mol. The molecular weight excluding hydrogens is 198 g/mol. The minimum absolute atomic E-state index is 0.166. The van der Waals surface area contributed by atoms with Gasteiger partial charge in [0.25, 0.3) is 0 Å². The molecule has 2 nitrogen and oxygen atoms in total. The summed E-state index contributed by atoms with van der Waals surface area (Å²) >= 11 is 5.66. The first-order chi connectivity index (χ1) is 6.52. The molecule has 1 aromatic rings. The third-order valence-corrected chi connectivity index (χ3v) is 2.42. The molecule has 0 aromatic heterocycles. The molecule has 1 aromatic carbocycles. The van der Waals surface area contributed by atoms with Gasteiger partial charge < -0.3 is 5.32 Å². The van der Waals surface area contributed by atoms with Gasteiger partial charge in [-0.2, -0.15) is 0 Å². The van der Waals surface area contributed by atoms with Crippen molar-refractivity contribution in [2.45, 2.75) is 26.1 Å². The Kier molecular flexibility index (Phi) is 3.53. The van der Waals surface area contributed by atoms with Crippen molar-refractivity contribution in [3.63, 3.8) is 0 Å². The van der Waals surface area contributed by atoms with Crippen LogP contribution >= 0.6 is 11.6 Å². The Labute approximate surface area is 89.3 Å². The summed E-state index contributed by atoms with van der Waals surface area (Å²) in [5.74, 6) is -0.166. The van der Waals surface area contributed by atoms with Crippen LogP contribution in [0.2, 0.25) is 0 Å². The highest BCUT2D eigenvalue weighted by atomic mass is 35.5. The fraction of sp³-hybridized carbons (Fsp3) is 0.364. The van der Waals surface area contributed by atoms with Gasteiger partial charge in [0.15, 0.2) is 0 Å². The predicted octanol–water partition coefficient (Wildman–Crippen LogP) is 2.87. The predicted molar refractivity (Wildman–Crippen MR) is 59.9 cm³/mol. The standard InChI is InChI=1S/C11H14ClNO/c1-7-5-4-6-10(8(7)2)13-11(14)9(3)12/h4-6,9H,1-3H3,(H,13,14)/t9-/m0/s1. The fourth-order valence-corrected chi connectivity index (χ4v) is 1.17. The first kappa shape index (κ1) is 11.1. The van der Waals surface area contributed by atoms with Gasteiger partial charge in [0.05, 0.1) is 0 Å². The summed E-state index contributed by atoms with van der Waals surface area (Å²) in [6.45, 7) is 5.64. The van der Waals surface area contributed by atoms with Crippen molar-refractivity contribution < 1.29 is 4.79 Å². The number of rotatable bonds is 2. The molecule has 76 valence electrons. The van der Waals surface area contributed by atoms with Crippen LogP contribution in [0.15, 0.2) is 18.2 Å². The van der Waals surface area contributed by atoms with Gasteiger partial charge in [-0.25, -0.2) is 0 Å². The molecule has 0 saturated heterocycles. The number of carbonyl (C=O) groups excluding carboxylic acids is 1. The molecule has 1 rings (SSSR count). The Morgan fingerprint density at radius 1 is 1.43 bits per heavy atom. The number of halogens is 1. The van der Waals surface area contributed by atoms with Crippen molar-refractivity contribution in [2.75, 3.05) is 5.32 Å². The number of alkyl halides is 1. The van der Waals surface area contributed by atoms with Crippen molar-refractivity contribution in [2.24, 2.45) is 0 Å². The van der Waals surface area contributed by atoms with Crippen LogP contribution in [0.1, 0.15) is 18.1 Å². The molecule has 0 heterocycles. The van der Waals surface area contributed by atoms with Crippen LogP contribution in [-0.4, -0.2) is 11.3 Å². The molecule has 0 radical (unpaired) electrons. The zero-order chi connectivity index (χ0) is 10.7. The second kappa shape index (κ2) is 4.47. The molecule has 0 bridgehead atoms. The molecule has 0 spiro atoms. The molecule has 1 atom stereocenters. The van der Waals surface area contributed by atoms with E-state index in [1.165, 1.54) is 0 Å². The Bertz CT molecular complexity index is 347. The van der Waals surface area contributed by atoms with Gasteiger partial charge in [-0.15, -0.1) is 11.6 Å². The topological polar surface area (TPSA) is 29.1 Å². The lowest BCUT2D eigenvalue weighted by Crippen LogP contribution is -2.20. The molecule has 14 heavy (non-hydrogen) atoms.